The number of hydrogen-bond donors (Lipinski definition) is 5. The van der Waals surface area contributed by atoms with Gasteiger partial charge in [-0.2, -0.15) is 0 Å². The molecule has 2 atom stereocenters. The van der Waals surface area contributed by atoms with Crippen LogP contribution in [0.15, 0.2) is 0 Å². The van der Waals surface area contributed by atoms with E-state index in [4.69, 9.17) is 10.8 Å². The summed E-state index contributed by atoms with van der Waals surface area (Å²) in [5, 5.41) is 17.0. The molecule has 2 amide bonds. The number of unbranched alkanes of at least 4 members (excludes halogenated alkanes) is 1. The summed E-state index contributed by atoms with van der Waals surface area (Å²) in [5.74, 6) is -1.80. The second kappa shape index (κ2) is 9.30. The van der Waals surface area contributed by atoms with Crippen LogP contribution in [0.25, 0.3) is 0 Å². The SMILES string of the molecule is NCCCCC(NC(=O)CNC(=O)C1CCCN1)C(=O)O. The van der Waals surface area contributed by atoms with Gasteiger partial charge < -0.3 is 26.8 Å². The van der Waals surface area contributed by atoms with Crippen molar-refractivity contribution in [3.8, 4) is 0 Å². The van der Waals surface area contributed by atoms with Crippen LogP contribution in [0.4, 0.5) is 0 Å². The van der Waals surface area contributed by atoms with Crippen molar-refractivity contribution >= 4 is 17.8 Å². The number of carbonyl (C=O) groups is 3. The molecule has 0 spiro atoms. The predicted octanol–water partition coefficient (Wildman–Crippen LogP) is -1.45. The standard InChI is InChI=1S/C13H24N4O4/c14-6-2-1-4-10(13(20)21)17-11(18)8-16-12(19)9-5-3-7-15-9/h9-10,15H,1-8,14H2,(H,16,19)(H,17,18)(H,20,21). The zero-order chi connectivity index (χ0) is 15.7. The van der Waals surface area contributed by atoms with Crippen LogP contribution in [0.5, 0.6) is 0 Å². The van der Waals surface area contributed by atoms with E-state index in [1.54, 1.807) is 0 Å². The molecule has 0 aromatic rings. The highest BCUT2D eigenvalue weighted by atomic mass is 16.4. The zero-order valence-corrected chi connectivity index (χ0v) is 12.1. The first kappa shape index (κ1) is 17.4. The number of nitrogens with two attached hydrogens (primary N) is 1. The Morgan fingerprint density at radius 3 is 2.67 bits per heavy atom. The van der Waals surface area contributed by atoms with E-state index in [1.165, 1.54) is 0 Å². The van der Waals surface area contributed by atoms with Gasteiger partial charge >= 0.3 is 5.97 Å². The lowest BCUT2D eigenvalue weighted by atomic mass is 10.1. The number of nitrogens with one attached hydrogen (secondary N) is 3. The van der Waals surface area contributed by atoms with Gasteiger partial charge in [0, 0.05) is 0 Å². The molecule has 0 bridgehead atoms. The third-order valence-corrected chi connectivity index (χ3v) is 3.38. The quantitative estimate of drug-likeness (QED) is 0.331. The molecule has 120 valence electrons. The summed E-state index contributed by atoms with van der Waals surface area (Å²) in [7, 11) is 0. The number of carbonyl (C=O) groups excluding carboxylic acids is 2. The average Bonchev–Trinajstić information content (AvgIpc) is 2.98. The number of aliphatic carboxylic acids is 1. The van der Waals surface area contributed by atoms with E-state index in [0.717, 1.165) is 19.4 Å². The van der Waals surface area contributed by atoms with Gasteiger partial charge in [0.2, 0.25) is 11.8 Å². The van der Waals surface area contributed by atoms with Crippen LogP contribution in [0.2, 0.25) is 0 Å². The lowest BCUT2D eigenvalue weighted by molar-refractivity contribution is -0.142. The lowest BCUT2D eigenvalue weighted by Crippen LogP contribution is -2.48. The molecule has 8 heteroatoms. The Balaban J connectivity index is 2.28. The smallest absolute Gasteiger partial charge is 0.326 e. The zero-order valence-electron chi connectivity index (χ0n) is 12.1. The maximum absolute atomic E-state index is 11.7. The van der Waals surface area contributed by atoms with Crippen LogP contribution in [0.1, 0.15) is 32.1 Å². The number of amides is 2. The Bertz CT molecular complexity index is 369. The Morgan fingerprint density at radius 2 is 2.10 bits per heavy atom. The van der Waals surface area contributed by atoms with Crippen LogP contribution in [-0.4, -0.2) is 54.6 Å². The molecule has 1 saturated heterocycles. The summed E-state index contributed by atoms with van der Waals surface area (Å²) in [4.78, 5) is 34.4. The van der Waals surface area contributed by atoms with E-state index < -0.39 is 17.9 Å². The first-order valence-corrected chi connectivity index (χ1v) is 7.28. The van der Waals surface area contributed by atoms with Crippen molar-refractivity contribution < 1.29 is 19.5 Å². The third kappa shape index (κ3) is 6.54. The van der Waals surface area contributed by atoms with E-state index in [9.17, 15) is 14.4 Å². The second-order valence-electron chi connectivity index (χ2n) is 5.11. The fourth-order valence-electron chi connectivity index (χ4n) is 2.19. The molecule has 0 aliphatic carbocycles. The van der Waals surface area contributed by atoms with Gasteiger partial charge in [-0.25, -0.2) is 4.79 Å². The molecule has 0 aromatic carbocycles. The Morgan fingerprint density at radius 1 is 1.33 bits per heavy atom. The van der Waals surface area contributed by atoms with Crippen molar-refractivity contribution in [1.29, 1.82) is 0 Å². The van der Waals surface area contributed by atoms with Gasteiger partial charge in [0.15, 0.2) is 0 Å². The van der Waals surface area contributed by atoms with Crippen LogP contribution >= 0.6 is 0 Å². The van der Waals surface area contributed by atoms with E-state index in [2.05, 4.69) is 16.0 Å². The molecule has 1 heterocycles. The molecule has 21 heavy (non-hydrogen) atoms. The average molecular weight is 300 g/mol. The molecule has 0 aromatic heterocycles. The molecule has 0 radical (unpaired) electrons. The maximum Gasteiger partial charge on any atom is 0.326 e. The van der Waals surface area contributed by atoms with Gasteiger partial charge in [0.25, 0.3) is 0 Å². The summed E-state index contributed by atoms with van der Waals surface area (Å²) in [6, 6.07) is -1.19. The molecular formula is C13H24N4O4. The predicted molar refractivity (Wildman–Crippen MR) is 76.5 cm³/mol. The van der Waals surface area contributed by atoms with Crippen molar-refractivity contribution in [1.82, 2.24) is 16.0 Å². The number of rotatable bonds is 9. The second-order valence-corrected chi connectivity index (χ2v) is 5.11. The van der Waals surface area contributed by atoms with E-state index in [1.807, 2.05) is 0 Å². The fraction of sp³-hybridized carbons (Fsp3) is 0.769. The number of carboxylic acids is 1. The molecule has 6 N–H and O–H groups in total. The number of carboxylic acid groups (broad SMARTS) is 1. The molecule has 1 fully saturated rings. The van der Waals surface area contributed by atoms with Crippen LogP contribution in [0, 0.1) is 0 Å². The van der Waals surface area contributed by atoms with Gasteiger partial charge in [0.1, 0.15) is 6.04 Å². The van der Waals surface area contributed by atoms with Gasteiger partial charge in [-0.05, 0) is 45.2 Å². The summed E-state index contributed by atoms with van der Waals surface area (Å²) in [5.41, 5.74) is 5.34. The van der Waals surface area contributed by atoms with Crippen LogP contribution < -0.4 is 21.7 Å². The largest absolute Gasteiger partial charge is 0.480 e. The minimum absolute atomic E-state index is 0.211. The summed E-state index contributed by atoms with van der Waals surface area (Å²) in [6.45, 7) is 1.08. The first-order chi connectivity index (χ1) is 10.0. The van der Waals surface area contributed by atoms with Crippen molar-refractivity contribution in [2.45, 2.75) is 44.2 Å². The van der Waals surface area contributed by atoms with E-state index in [-0.39, 0.29) is 18.5 Å². The number of hydrogen-bond acceptors (Lipinski definition) is 5. The molecule has 2 unspecified atom stereocenters. The highest BCUT2D eigenvalue weighted by molar-refractivity contribution is 5.89. The van der Waals surface area contributed by atoms with Crippen LogP contribution in [-0.2, 0) is 14.4 Å². The van der Waals surface area contributed by atoms with Crippen molar-refractivity contribution in [2.24, 2.45) is 5.73 Å². The highest BCUT2D eigenvalue weighted by Gasteiger charge is 2.23. The molecule has 1 rings (SSSR count). The molecular weight excluding hydrogens is 276 g/mol. The summed E-state index contributed by atoms with van der Waals surface area (Å²) in [6.07, 6.45) is 3.36. The van der Waals surface area contributed by atoms with Gasteiger partial charge in [0.05, 0.1) is 12.6 Å². The molecule has 1 aliphatic heterocycles. The minimum atomic E-state index is -1.08. The summed E-state index contributed by atoms with van der Waals surface area (Å²) < 4.78 is 0. The first-order valence-electron chi connectivity index (χ1n) is 7.28. The fourth-order valence-corrected chi connectivity index (χ4v) is 2.19. The third-order valence-electron chi connectivity index (χ3n) is 3.38. The van der Waals surface area contributed by atoms with Gasteiger partial charge in [-0.1, -0.05) is 0 Å². The minimum Gasteiger partial charge on any atom is -0.480 e. The Kier molecular flexibility index (Phi) is 7.70. The topological polar surface area (TPSA) is 134 Å². The van der Waals surface area contributed by atoms with Crippen molar-refractivity contribution in [3.63, 3.8) is 0 Å². The monoisotopic (exact) mass is 300 g/mol. The Labute approximate surface area is 123 Å². The Hall–Kier alpha value is -1.67. The maximum atomic E-state index is 11.7. The van der Waals surface area contributed by atoms with E-state index in [0.29, 0.717) is 25.8 Å². The highest BCUT2D eigenvalue weighted by Crippen LogP contribution is 2.04. The van der Waals surface area contributed by atoms with Crippen LogP contribution in [0.3, 0.4) is 0 Å². The summed E-state index contributed by atoms with van der Waals surface area (Å²) >= 11 is 0. The lowest BCUT2D eigenvalue weighted by Gasteiger charge is -2.15. The van der Waals surface area contributed by atoms with Crippen molar-refractivity contribution in [2.75, 3.05) is 19.6 Å². The molecule has 8 nitrogen and oxygen atoms in total. The molecule has 1 aliphatic rings. The van der Waals surface area contributed by atoms with Crippen molar-refractivity contribution in [3.05, 3.63) is 0 Å². The molecule has 0 saturated carbocycles. The van der Waals surface area contributed by atoms with Gasteiger partial charge in [-0.3, -0.25) is 9.59 Å². The normalized spacial score (nSPS) is 19.0. The van der Waals surface area contributed by atoms with E-state index >= 15 is 0 Å². The van der Waals surface area contributed by atoms with Gasteiger partial charge in [-0.15, -0.1) is 0 Å².